The Balaban J connectivity index is 1.57. The summed E-state index contributed by atoms with van der Waals surface area (Å²) in [6.45, 7) is 1.60. The number of amides is 5. The lowest BCUT2D eigenvalue weighted by Crippen LogP contribution is -2.41. The Hall–Kier alpha value is -3.90. The fourth-order valence-corrected chi connectivity index (χ4v) is 7.30. The van der Waals surface area contributed by atoms with Crippen molar-refractivity contribution in [2.24, 2.45) is 11.7 Å². The van der Waals surface area contributed by atoms with E-state index in [2.05, 4.69) is 5.32 Å². The van der Waals surface area contributed by atoms with Gasteiger partial charge in [-0.1, -0.05) is 59.0 Å². The van der Waals surface area contributed by atoms with Crippen LogP contribution in [0.3, 0.4) is 0 Å². The summed E-state index contributed by atoms with van der Waals surface area (Å²) >= 11 is 1.79. The number of fused-ring (bicyclic) bond motifs is 2. The predicted octanol–water partition coefficient (Wildman–Crippen LogP) is 2.23. The minimum absolute atomic E-state index is 0.124. The number of nitrogens with one attached hydrogen (secondary N) is 1. The van der Waals surface area contributed by atoms with E-state index in [9.17, 15) is 29.1 Å². The zero-order valence-electron chi connectivity index (χ0n) is 18.8. The van der Waals surface area contributed by atoms with E-state index in [4.69, 9.17) is 5.73 Å². The van der Waals surface area contributed by atoms with Gasteiger partial charge >= 0.3 is 10.9 Å². The molecule has 10 nitrogen and oxygen atoms in total. The molecule has 0 radical (unpaired) electrons. The van der Waals surface area contributed by atoms with Crippen molar-refractivity contribution in [1.29, 1.82) is 0 Å². The fourth-order valence-electron chi connectivity index (χ4n) is 4.54. The van der Waals surface area contributed by atoms with Gasteiger partial charge in [-0.05, 0) is 25.1 Å². The van der Waals surface area contributed by atoms with Gasteiger partial charge in [-0.3, -0.25) is 23.7 Å². The van der Waals surface area contributed by atoms with Crippen molar-refractivity contribution in [3.63, 3.8) is 0 Å². The maximum absolute atomic E-state index is 13.2. The third-order valence-electron chi connectivity index (χ3n) is 6.18. The number of anilines is 1. The minimum Gasteiger partial charge on any atom is -0.508 e. The number of aryl methyl sites for hydroxylation is 1. The van der Waals surface area contributed by atoms with Gasteiger partial charge in [-0.15, -0.1) is 0 Å². The number of aromatic hydroxyl groups is 1. The number of likely N-dealkylation sites (tertiary alicyclic amines) is 1. The molecular weight excluding hydrogens is 504 g/mol. The molecule has 12 heteroatoms. The molecule has 3 atom stereocenters. The highest BCUT2D eigenvalue weighted by Crippen LogP contribution is 2.54. The number of benzene rings is 2. The van der Waals surface area contributed by atoms with E-state index in [0.29, 0.717) is 26.1 Å². The number of thioether (sulfide) groups is 1. The molecule has 0 aliphatic carbocycles. The van der Waals surface area contributed by atoms with Crippen molar-refractivity contribution >= 4 is 52.5 Å². The average molecular weight is 525 g/mol. The smallest absolute Gasteiger partial charge is 0.328 e. The van der Waals surface area contributed by atoms with Gasteiger partial charge in [-0.25, -0.2) is 4.79 Å². The van der Waals surface area contributed by atoms with Gasteiger partial charge in [0, 0.05) is 22.0 Å². The second-order valence-electron chi connectivity index (χ2n) is 8.49. The van der Waals surface area contributed by atoms with Gasteiger partial charge < -0.3 is 16.2 Å². The molecule has 5 amide bonds. The number of thiazole rings is 1. The monoisotopic (exact) mass is 524 g/mol. The maximum atomic E-state index is 13.2. The number of phenols is 1. The number of hydrogen-bond acceptors (Lipinski definition) is 8. The van der Waals surface area contributed by atoms with Crippen LogP contribution in [-0.2, 0) is 20.9 Å². The van der Waals surface area contributed by atoms with Crippen molar-refractivity contribution in [3.8, 4) is 5.75 Å². The molecule has 2 aliphatic rings. The van der Waals surface area contributed by atoms with E-state index in [-0.39, 0.29) is 12.3 Å². The van der Waals surface area contributed by atoms with Crippen LogP contribution in [0.2, 0.25) is 0 Å². The van der Waals surface area contributed by atoms with E-state index in [1.54, 1.807) is 30.3 Å². The van der Waals surface area contributed by atoms with E-state index in [0.717, 1.165) is 28.7 Å². The summed E-state index contributed by atoms with van der Waals surface area (Å²) in [6, 6.07) is 12.3. The van der Waals surface area contributed by atoms with Gasteiger partial charge in [0.2, 0.25) is 11.8 Å². The van der Waals surface area contributed by atoms with Crippen molar-refractivity contribution in [2.45, 2.75) is 29.7 Å². The van der Waals surface area contributed by atoms with E-state index in [1.165, 1.54) is 10.6 Å². The third kappa shape index (κ3) is 3.88. The zero-order valence-corrected chi connectivity index (χ0v) is 20.5. The molecule has 2 unspecified atom stereocenters. The summed E-state index contributed by atoms with van der Waals surface area (Å²) in [5.41, 5.74) is 7.24. The first-order chi connectivity index (χ1) is 17.2. The minimum atomic E-state index is -1.19. The molecule has 2 aliphatic heterocycles. The standard InChI is InChI=1S/C24H20N4O6S2/c1-11-6-8-12(9-7-11)26-15(30)10-27-22-19(36-24(27)34)16(13-4-2-3-5-14(13)29)17-18(35-22)21(32)28(20(17)31)23(25)33/h2-9,16-18,29H,10H2,1H3,(H2,25,33)(H,26,30)/t16-,17?,18?/m0/s1. The second kappa shape index (κ2) is 8.95. The Morgan fingerprint density at radius 3 is 2.42 bits per heavy atom. The van der Waals surface area contributed by atoms with Crippen LogP contribution in [-0.4, -0.2) is 43.6 Å². The van der Waals surface area contributed by atoms with Gasteiger partial charge in [-0.2, -0.15) is 4.90 Å². The largest absolute Gasteiger partial charge is 0.508 e. The summed E-state index contributed by atoms with van der Waals surface area (Å²) < 4.78 is 1.25. The summed E-state index contributed by atoms with van der Waals surface area (Å²) in [5, 5.41) is 12.6. The number of urea groups is 1. The molecule has 4 N–H and O–H groups in total. The number of para-hydroxylation sites is 1. The number of carbonyl (C=O) groups is 4. The highest BCUT2D eigenvalue weighted by molar-refractivity contribution is 8.00. The summed E-state index contributed by atoms with van der Waals surface area (Å²) in [5.74, 6) is -4.08. The van der Waals surface area contributed by atoms with Crippen LogP contribution < -0.4 is 15.9 Å². The Labute approximate surface area is 212 Å². The molecular formula is C24H20N4O6S2. The fraction of sp³-hybridized carbons (Fsp3) is 0.208. The SMILES string of the molecule is Cc1ccc(NC(=O)Cn2c3c(sc2=O)[C@@H](c2ccccc2O)C2C(=O)N(C(N)=O)C(=O)C2S3)cc1. The van der Waals surface area contributed by atoms with Crippen LogP contribution >= 0.6 is 23.1 Å². The molecule has 1 saturated heterocycles. The zero-order chi connectivity index (χ0) is 25.7. The molecule has 0 bridgehead atoms. The van der Waals surface area contributed by atoms with Crippen molar-refractivity contribution < 1.29 is 24.3 Å². The lowest BCUT2D eigenvalue weighted by molar-refractivity contribution is -0.135. The number of phenolic OH excluding ortho intramolecular Hbond substituents is 1. The normalized spacial score (nSPS) is 20.7. The first kappa shape index (κ1) is 23.8. The van der Waals surface area contributed by atoms with Crippen LogP contribution in [0, 0.1) is 12.8 Å². The van der Waals surface area contributed by atoms with Crippen LogP contribution in [0.1, 0.15) is 21.9 Å². The number of carbonyl (C=O) groups excluding carboxylic acids is 4. The lowest BCUT2D eigenvalue weighted by Gasteiger charge is -2.31. The van der Waals surface area contributed by atoms with Gasteiger partial charge in [0.25, 0.3) is 5.91 Å². The molecule has 5 rings (SSSR count). The highest BCUT2D eigenvalue weighted by Gasteiger charge is 2.58. The summed E-state index contributed by atoms with van der Waals surface area (Å²) in [6.07, 6.45) is 0. The first-order valence-corrected chi connectivity index (χ1v) is 12.6. The topological polar surface area (TPSA) is 152 Å². The quantitative estimate of drug-likeness (QED) is 0.443. The van der Waals surface area contributed by atoms with Gasteiger partial charge in [0.15, 0.2) is 0 Å². The second-order valence-corrected chi connectivity index (χ2v) is 10.6. The number of rotatable bonds is 4. The molecule has 1 fully saturated rings. The Kier molecular flexibility index (Phi) is 5.92. The van der Waals surface area contributed by atoms with Gasteiger partial charge in [0.1, 0.15) is 17.5 Å². The molecule has 3 aromatic rings. The van der Waals surface area contributed by atoms with E-state index in [1.807, 2.05) is 19.1 Å². The first-order valence-electron chi connectivity index (χ1n) is 10.9. The number of nitrogens with zero attached hydrogens (tertiary/aromatic N) is 2. The number of hydrogen-bond donors (Lipinski definition) is 3. The molecule has 1 aromatic heterocycles. The molecule has 0 saturated carbocycles. The van der Waals surface area contributed by atoms with E-state index >= 15 is 0 Å². The Morgan fingerprint density at radius 2 is 1.75 bits per heavy atom. The van der Waals surface area contributed by atoms with Crippen LogP contribution in [0.25, 0.3) is 0 Å². The molecule has 184 valence electrons. The molecule has 3 heterocycles. The average Bonchev–Trinajstić information content (AvgIpc) is 3.27. The number of aromatic nitrogens is 1. The van der Waals surface area contributed by atoms with Gasteiger partial charge in [0.05, 0.1) is 10.9 Å². The number of nitrogens with two attached hydrogens (primary N) is 1. The maximum Gasteiger partial charge on any atom is 0.328 e. The Bertz CT molecular complexity index is 1480. The van der Waals surface area contributed by atoms with Crippen molar-refractivity contribution in [1.82, 2.24) is 9.47 Å². The highest BCUT2D eigenvalue weighted by atomic mass is 32.2. The van der Waals surface area contributed by atoms with Crippen molar-refractivity contribution in [3.05, 3.63) is 74.2 Å². The summed E-state index contributed by atoms with van der Waals surface area (Å²) in [4.78, 5) is 64.3. The number of imide groups is 3. The summed E-state index contributed by atoms with van der Waals surface area (Å²) in [7, 11) is 0. The van der Waals surface area contributed by atoms with Crippen molar-refractivity contribution in [2.75, 3.05) is 5.32 Å². The van der Waals surface area contributed by atoms with Crippen LogP contribution in [0.5, 0.6) is 5.75 Å². The Morgan fingerprint density at radius 1 is 1.06 bits per heavy atom. The molecule has 36 heavy (non-hydrogen) atoms. The van der Waals surface area contributed by atoms with Crippen LogP contribution in [0.4, 0.5) is 10.5 Å². The third-order valence-corrected chi connectivity index (χ3v) is 8.78. The molecule has 2 aromatic carbocycles. The lowest BCUT2D eigenvalue weighted by atomic mass is 9.82. The van der Waals surface area contributed by atoms with Crippen LogP contribution in [0.15, 0.2) is 58.4 Å². The predicted molar refractivity (Wildman–Crippen MR) is 133 cm³/mol. The number of primary amides is 1. The van der Waals surface area contributed by atoms with E-state index < -0.39 is 45.7 Å². The molecule has 0 spiro atoms.